The van der Waals surface area contributed by atoms with Gasteiger partial charge < -0.3 is 5.32 Å². The molecule has 3 nitrogen and oxygen atoms in total. The quantitative estimate of drug-likeness (QED) is 0.638. The SMILES string of the molecule is CC(C)(C)c1nc(Cl)cc(NC2CCCCCC2)n1. The Morgan fingerprint density at radius 3 is 2.32 bits per heavy atom. The van der Waals surface area contributed by atoms with Crippen molar-refractivity contribution in [1.29, 1.82) is 0 Å². The van der Waals surface area contributed by atoms with E-state index in [9.17, 15) is 0 Å². The molecule has 0 bridgehead atoms. The molecule has 4 heteroatoms. The van der Waals surface area contributed by atoms with Crippen LogP contribution in [0.4, 0.5) is 5.82 Å². The smallest absolute Gasteiger partial charge is 0.137 e. The Hall–Kier alpha value is -0.830. The number of hydrogen-bond donors (Lipinski definition) is 1. The molecule has 0 aromatic carbocycles. The van der Waals surface area contributed by atoms with Crippen LogP contribution in [0.3, 0.4) is 0 Å². The molecule has 0 radical (unpaired) electrons. The molecule has 1 aromatic heterocycles. The van der Waals surface area contributed by atoms with Gasteiger partial charge in [0.1, 0.15) is 16.8 Å². The summed E-state index contributed by atoms with van der Waals surface area (Å²) >= 11 is 6.11. The first kappa shape index (κ1) is 14.6. The second-order valence-corrected chi connectivity index (χ2v) is 6.87. The van der Waals surface area contributed by atoms with Crippen LogP contribution in [0.2, 0.25) is 5.15 Å². The predicted octanol–water partition coefficient (Wildman–Crippen LogP) is 4.56. The zero-order chi connectivity index (χ0) is 13.9. The number of aromatic nitrogens is 2. The number of halogens is 1. The van der Waals surface area contributed by atoms with Crippen LogP contribution in [0.15, 0.2) is 6.07 Å². The standard InChI is InChI=1S/C15H24ClN3/c1-15(2,3)14-18-12(16)10-13(19-14)17-11-8-6-4-5-7-9-11/h10-11H,4-9H2,1-3H3,(H,17,18,19). The third kappa shape index (κ3) is 4.34. The first-order valence-corrected chi connectivity index (χ1v) is 7.64. The number of nitrogens with zero attached hydrogens (tertiary/aromatic N) is 2. The van der Waals surface area contributed by atoms with Crippen molar-refractivity contribution in [3.05, 3.63) is 17.0 Å². The maximum atomic E-state index is 6.11. The van der Waals surface area contributed by atoms with Crippen molar-refractivity contribution in [2.45, 2.75) is 70.8 Å². The average Bonchev–Trinajstić information content (AvgIpc) is 2.55. The van der Waals surface area contributed by atoms with Crippen LogP contribution in [0.25, 0.3) is 0 Å². The van der Waals surface area contributed by atoms with Crippen LogP contribution in [0.5, 0.6) is 0 Å². The van der Waals surface area contributed by atoms with Gasteiger partial charge >= 0.3 is 0 Å². The van der Waals surface area contributed by atoms with Gasteiger partial charge in [0.25, 0.3) is 0 Å². The van der Waals surface area contributed by atoms with Gasteiger partial charge in [0.05, 0.1) is 0 Å². The van der Waals surface area contributed by atoms with Gasteiger partial charge in [0.15, 0.2) is 0 Å². The van der Waals surface area contributed by atoms with Crippen molar-refractivity contribution < 1.29 is 0 Å². The van der Waals surface area contributed by atoms with Gasteiger partial charge in [-0.3, -0.25) is 0 Å². The zero-order valence-corrected chi connectivity index (χ0v) is 12.9. The second kappa shape index (κ2) is 6.08. The van der Waals surface area contributed by atoms with Crippen molar-refractivity contribution in [3.8, 4) is 0 Å². The summed E-state index contributed by atoms with van der Waals surface area (Å²) in [4.78, 5) is 8.95. The lowest BCUT2D eigenvalue weighted by Gasteiger charge is -2.21. The van der Waals surface area contributed by atoms with E-state index in [0.29, 0.717) is 11.2 Å². The van der Waals surface area contributed by atoms with E-state index in [-0.39, 0.29) is 5.41 Å². The van der Waals surface area contributed by atoms with Crippen molar-refractivity contribution >= 4 is 17.4 Å². The molecule has 0 spiro atoms. The molecule has 1 aliphatic rings. The molecule has 0 aliphatic heterocycles. The molecule has 1 aromatic rings. The summed E-state index contributed by atoms with van der Waals surface area (Å²) < 4.78 is 0. The highest BCUT2D eigenvalue weighted by Gasteiger charge is 2.20. The van der Waals surface area contributed by atoms with Crippen molar-refractivity contribution in [2.24, 2.45) is 0 Å². The summed E-state index contributed by atoms with van der Waals surface area (Å²) in [5.41, 5.74) is -0.0786. The molecule has 1 N–H and O–H groups in total. The molecule has 0 atom stereocenters. The monoisotopic (exact) mass is 281 g/mol. The number of hydrogen-bond acceptors (Lipinski definition) is 3. The Bertz CT molecular complexity index is 418. The predicted molar refractivity (Wildman–Crippen MR) is 80.9 cm³/mol. The molecule has 2 rings (SSSR count). The van der Waals surface area contributed by atoms with Crippen molar-refractivity contribution in [3.63, 3.8) is 0 Å². The van der Waals surface area contributed by atoms with E-state index < -0.39 is 0 Å². The third-order valence-corrected chi connectivity index (χ3v) is 3.77. The minimum absolute atomic E-state index is 0.0786. The number of nitrogens with one attached hydrogen (secondary N) is 1. The largest absolute Gasteiger partial charge is 0.367 e. The highest BCUT2D eigenvalue weighted by Crippen LogP contribution is 2.25. The van der Waals surface area contributed by atoms with Crippen LogP contribution >= 0.6 is 11.6 Å². The zero-order valence-electron chi connectivity index (χ0n) is 12.2. The van der Waals surface area contributed by atoms with E-state index in [1.807, 2.05) is 6.07 Å². The fourth-order valence-corrected chi connectivity index (χ4v) is 2.64. The molecule has 106 valence electrons. The Labute approximate surface area is 121 Å². The van der Waals surface area contributed by atoms with Crippen molar-refractivity contribution in [2.75, 3.05) is 5.32 Å². The van der Waals surface area contributed by atoms with E-state index >= 15 is 0 Å². The molecule has 0 amide bonds. The highest BCUT2D eigenvalue weighted by molar-refractivity contribution is 6.29. The van der Waals surface area contributed by atoms with Crippen LogP contribution in [0, 0.1) is 0 Å². The molecule has 0 saturated heterocycles. The third-order valence-electron chi connectivity index (χ3n) is 3.57. The summed E-state index contributed by atoms with van der Waals surface area (Å²) in [6.45, 7) is 6.32. The Balaban J connectivity index is 2.13. The van der Waals surface area contributed by atoms with Gasteiger partial charge in [-0.2, -0.15) is 0 Å². The summed E-state index contributed by atoms with van der Waals surface area (Å²) in [6.07, 6.45) is 7.79. The molecule has 19 heavy (non-hydrogen) atoms. The minimum atomic E-state index is -0.0786. The van der Waals surface area contributed by atoms with Gasteiger partial charge in [-0.1, -0.05) is 58.1 Å². The topological polar surface area (TPSA) is 37.8 Å². The van der Waals surface area contributed by atoms with E-state index in [2.05, 4.69) is 36.1 Å². The molecule has 1 fully saturated rings. The van der Waals surface area contributed by atoms with Crippen LogP contribution in [-0.4, -0.2) is 16.0 Å². The van der Waals surface area contributed by atoms with E-state index in [1.165, 1.54) is 38.5 Å². The average molecular weight is 282 g/mol. The van der Waals surface area contributed by atoms with Crippen LogP contribution in [-0.2, 0) is 5.41 Å². The molecule has 1 heterocycles. The maximum Gasteiger partial charge on any atom is 0.137 e. The van der Waals surface area contributed by atoms with Crippen LogP contribution in [0.1, 0.15) is 65.1 Å². The Morgan fingerprint density at radius 2 is 1.74 bits per heavy atom. The Morgan fingerprint density at radius 1 is 1.11 bits per heavy atom. The lowest BCUT2D eigenvalue weighted by Crippen LogP contribution is -2.22. The fourth-order valence-electron chi connectivity index (χ4n) is 2.46. The minimum Gasteiger partial charge on any atom is -0.367 e. The van der Waals surface area contributed by atoms with E-state index in [0.717, 1.165) is 11.6 Å². The first-order valence-electron chi connectivity index (χ1n) is 7.27. The fraction of sp³-hybridized carbons (Fsp3) is 0.733. The molecular weight excluding hydrogens is 258 g/mol. The van der Waals surface area contributed by atoms with Crippen LogP contribution < -0.4 is 5.32 Å². The molecule has 0 unspecified atom stereocenters. The van der Waals surface area contributed by atoms with Gasteiger partial charge in [0, 0.05) is 17.5 Å². The second-order valence-electron chi connectivity index (χ2n) is 6.48. The summed E-state index contributed by atoms with van der Waals surface area (Å²) in [6, 6.07) is 2.36. The summed E-state index contributed by atoms with van der Waals surface area (Å²) in [5, 5.41) is 4.06. The van der Waals surface area contributed by atoms with Gasteiger partial charge in [-0.25, -0.2) is 9.97 Å². The summed E-state index contributed by atoms with van der Waals surface area (Å²) in [7, 11) is 0. The lowest BCUT2D eigenvalue weighted by atomic mass is 9.96. The highest BCUT2D eigenvalue weighted by atomic mass is 35.5. The Kier molecular flexibility index (Phi) is 4.67. The molecule has 1 aliphatic carbocycles. The van der Waals surface area contributed by atoms with Gasteiger partial charge in [-0.15, -0.1) is 0 Å². The number of rotatable bonds is 2. The van der Waals surface area contributed by atoms with E-state index in [4.69, 9.17) is 11.6 Å². The van der Waals surface area contributed by atoms with Crippen molar-refractivity contribution in [1.82, 2.24) is 9.97 Å². The molecular formula is C15H24ClN3. The lowest BCUT2D eigenvalue weighted by molar-refractivity contribution is 0.543. The van der Waals surface area contributed by atoms with E-state index in [1.54, 1.807) is 0 Å². The summed E-state index contributed by atoms with van der Waals surface area (Å²) in [5.74, 6) is 1.67. The number of anilines is 1. The first-order chi connectivity index (χ1) is 8.95. The molecule has 1 saturated carbocycles. The van der Waals surface area contributed by atoms with Gasteiger partial charge in [-0.05, 0) is 12.8 Å². The normalized spacial score (nSPS) is 18.1. The maximum absolute atomic E-state index is 6.11. The van der Waals surface area contributed by atoms with Gasteiger partial charge in [0.2, 0.25) is 0 Å².